The quantitative estimate of drug-likeness (QED) is 0.912. The van der Waals surface area contributed by atoms with Crippen LogP contribution in [0.15, 0.2) is 24.4 Å². The first-order valence-electron chi connectivity index (χ1n) is 7.14. The molecule has 2 aromatic rings. The second-order valence-corrected chi connectivity index (χ2v) is 6.53. The third kappa shape index (κ3) is 2.23. The van der Waals surface area contributed by atoms with Crippen LogP contribution < -0.4 is 10.1 Å². The molecule has 2 aliphatic rings. The number of ether oxygens (including phenoxy) is 1. The molecule has 19 heavy (non-hydrogen) atoms. The zero-order valence-electron chi connectivity index (χ0n) is 10.8. The van der Waals surface area contributed by atoms with Gasteiger partial charge in [0, 0.05) is 12.1 Å². The molecule has 3 nitrogen and oxygen atoms in total. The van der Waals surface area contributed by atoms with Gasteiger partial charge in [0.05, 0.1) is 16.3 Å². The Labute approximate surface area is 117 Å². The van der Waals surface area contributed by atoms with Gasteiger partial charge in [0.2, 0.25) is 0 Å². The van der Waals surface area contributed by atoms with Gasteiger partial charge in [-0.1, -0.05) is 12.5 Å². The minimum absolute atomic E-state index is 0.363. The van der Waals surface area contributed by atoms with Crippen molar-refractivity contribution in [2.45, 2.75) is 50.3 Å². The van der Waals surface area contributed by atoms with E-state index in [2.05, 4.69) is 27.9 Å². The highest BCUT2D eigenvalue weighted by Gasteiger charge is 2.32. The number of piperidine rings is 2. The van der Waals surface area contributed by atoms with Crippen LogP contribution in [0, 0.1) is 0 Å². The molecule has 0 aliphatic carbocycles. The molecule has 0 saturated carbocycles. The van der Waals surface area contributed by atoms with Gasteiger partial charge in [0.15, 0.2) is 0 Å². The first-order valence-corrected chi connectivity index (χ1v) is 7.92. The number of aromatic nitrogens is 1. The summed E-state index contributed by atoms with van der Waals surface area (Å²) < 4.78 is 11.8. The van der Waals surface area contributed by atoms with E-state index in [-0.39, 0.29) is 0 Å². The van der Waals surface area contributed by atoms with Gasteiger partial charge in [-0.25, -0.2) is 0 Å². The highest BCUT2D eigenvalue weighted by atomic mass is 32.1. The van der Waals surface area contributed by atoms with E-state index in [0.717, 1.165) is 24.0 Å². The molecule has 2 atom stereocenters. The molecule has 2 fully saturated rings. The molecular weight excluding hydrogens is 256 g/mol. The highest BCUT2D eigenvalue weighted by Crippen LogP contribution is 2.32. The van der Waals surface area contributed by atoms with Crippen molar-refractivity contribution in [1.82, 2.24) is 9.69 Å². The van der Waals surface area contributed by atoms with E-state index in [4.69, 9.17) is 4.74 Å². The summed E-state index contributed by atoms with van der Waals surface area (Å²) in [6, 6.07) is 7.58. The third-order valence-corrected chi connectivity index (χ3v) is 5.09. The Kier molecular flexibility index (Phi) is 2.93. The Hall–Kier alpha value is -1.13. The molecule has 0 spiro atoms. The van der Waals surface area contributed by atoms with Crippen molar-refractivity contribution in [3.8, 4) is 5.75 Å². The molecule has 4 heteroatoms. The van der Waals surface area contributed by atoms with Gasteiger partial charge >= 0.3 is 0 Å². The van der Waals surface area contributed by atoms with Crippen molar-refractivity contribution in [2.75, 3.05) is 0 Å². The predicted molar refractivity (Wildman–Crippen MR) is 77.8 cm³/mol. The molecule has 2 saturated heterocycles. The molecule has 0 amide bonds. The summed E-state index contributed by atoms with van der Waals surface area (Å²) in [5.41, 5.74) is 0. The SMILES string of the molecule is c1cc(OC2CC3CCCC(C2)N3)c2cnsc2c1. The first-order chi connectivity index (χ1) is 9.38. The molecule has 3 heterocycles. The third-order valence-electron chi connectivity index (χ3n) is 4.32. The normalized spacial score (nSPS) is 30.4. The van der Waals surface area contributed by atoms with E-state index in [1.165, 1.54) is 35.5 Å². The average molecular weight is 274 g/mol. The fourth-order valence-corrected chi connectivity index (χ4v) is 4.12. The van der Waals surface area contributed by atoms with Gasteiger partial charge in [-0.05, 0) is 49.3 Å². The van der Waals surface area contributed by atoms with Crippen molar-refractivity contribution >= 4 is 21.6 Å². The molecule has 1 N–H and O–H groups in total. The van der Waals surface area contributed by atoms with Crippen molar-refractivity contribution < 1.29 is 4.74 Å². The van der Waals surface area contributed by atoms with E-state index in [0.29, 0.717) is 18.2 Å². The van der Waals surface area contributed by atoms with E-state index in [1.807, 2.05) is 6.20 Å². The molecule has 4 rings (SSSR count). The summed E-state index contributed by atoms with van der Waals surface area (Å²) in [5.74, 6) is 1.01. The fraction of sp³-hybridized carbons (Fsp3) is 0.533. The van der Waals surface area contributed by atoms with Crippen LogP contribution in [0.2, 0.25) is 0 Å². The van der Waals surface area contributed by atoms with Crippen LogP contribution in [0.4, 0.5) is 0 Å². The summed E-state index contributed by atoms with van der Waals surface area (Å²) in [5, 5.41) is 4.87. The predicted octanol–water partition coefficient (Wildman–Crippen LogP) is 3.35. The topological polar surface area (TPSA) is 34.1 Å². The van der Waals surface area contributed by atoms with Gasteiger partial charge < -0.3 is 10.1 Å². The number of nitrogens with one attached hydrogen (secondary N) is 1. The van der Waals surface area contributed by atoms with Crippen LogP contribution in [0.5, 0.6) is 5.75 Å². The Morgan fingerprint density at radius 2 is 2.05 bits per heavy atom. The standard InChI is InChI=1S/C15H18N2OS/c1-3-10-7-12(8-11(4-1)17-10)18-14-5-2-6-15-13(14)9-16-19-15/h2,5-6,9-12,17H,1,3-4,7-8H2. The van der Waals surface area contributed by atoms with E-state index < -0.39 is 0 Å². The molecule has 2 aliphatic heterocycles. The monoisotopic (exact) mass is 274 g/mol. The summed E-state index contributed by atoms with van der Waals surface area (Å²) in [6.07, 6.45) is 8.56. The second kappa shape index (κ2) is 4.76. The number of nitrogens with zero attached hydrogens (tertiary/aromatic N) is 1. The van der Waals surface area contributed by atoms with Crippen LogP contribution >= 0.6 is 11.5 Å². The average Bonchev–Trinajstić information content (AvgIpc) is 2.88. The van der Waals surface area contributed by atoms with Crippen molar-refractivity contribution in [1.29, 1.82) is 0 Å². The first kappa shape index (κ1) is 11.7. The van der Waals surface area contributed by atoms with Crippen molar-refractivity contribution in [2.24, 2.45) is 0 Å². The lowest BCUT2D eigenvalue weighted by molar-refractivity contribution is 0.0940. The minimum Gasteiger partial charge on any atom is -0.490 e. The smallest absolute Gasteiger partial charge is 0.130 e. The van der Waals surface area contributed by atoms with E-state index in [1.54, 1.807) is 0 Å². The number of rotatable bonds is 2. The molecular formula is C15H18N2OS. The van der Waals surface area contributed by atoms with Crippen LogP contribution in [0.3, 0.4) is 0 Å². The Morgan fingerprint density at radius 1 is 1.21 bits per heavy atom. The Balaban J connectivity index is 1.56. The van der Waals surface area contributed by atoms with Crippen LogP contribution in [-0.4, -0.2) is 22.6 Å². The lowest BCUT2D eigenvalue weighted by Gasteiger charge is -2.40. The van der Waals surface area contributed by atoms with Gasteiger partial charge in [-0.2, -0.15) is 4.37 Å². The van der Waals surface area contributed by atoms with Crippen LogP contribution in [0.1, 0.15) is 32.1 Å². The molecule has 1 aromatic heterocycles. The number of benzene rings is 1. The zero-order valence-corrected chi connectivity index (χ0v) is 11.7. The Morgan fingerprint density at radius 3 is 2.89 bits per heavy atom. The largest absolute Gasteiger partial charge is 0.490 e. The summed E-state index contributed by atoms with van der Waals surface area (Å²) >= 11 is 1.54. The molecule has 1 aromatic carbocycles. The van der Waals surface area contributed by atoms with Gasteiger partial charge in [-0.3, -0.25) is 0 Å². The van der Waals surface area contributed by atoms with Crippen molar-refractivity contribution in [3.05, 3.63) is 24.4 Å². The maximum Gasteiger partial charge on any atom is 0.130 e. The van der Waals surface area contributed by atoms with E-state index in [9.17, 15) is 0 Å². The zero-order chi connectivity index (χ0) is 12.7. The molecule has 0 radical (unpaired) electrons. The molecule has 2 unspecified atom stereocenters. The summed E-state index contributed by atoms with van der Waals surface area (Å²) in [7, 11) is 0. The lowest BCUT2D eigenvalue weighted by Crippen LogP contribution is -2.51. The van der Waals surface area contributed by atoms with Crippen molar-refractivity contribution in [3.63, 3.8) is 0 Å². The summed E-state index contributed by atoms with van der Waals surface area (Å²) in [6.45, 7) is 0. The lowest BCUT2D eigenvalue weighted by atomic mass is 9.85. The Bertz CT molecular complexity index is 570. The summed E-state index contributed by atoms with van der Waals surface area (Å²) in [4.78, 5) is 0. The maximum absolute atomic E-state index is 6.29. The fourth-order valence-electron chi connectivity index (χ4n) is 3.46. The molecule has 2 bridgehead atoms. The number of hydrogen-bond donors (Lipinski definition) is 1. The second-order valence-electron chi connectivity index (χ2n) is 5.70. The van der Waals surface area contributed by atoms with Crippen LogP contribution in [0.25, 0.3) is 10.1 Å². The minimum atomic E-state index is 0.363. The van der Waals surface area contributed by atoms with E-state index >= 15 is 0 Å². The van der Waals surface area contributed by atoms with Gasteiger partial charge in [0.25, 0.3) is 0 Å². The van der Waals surface area contributed by atoms with Crippen LogP contribution in [-0.2, 0) is 0 Å². The molecule has 100 valence electrons. The van der Waals surface area contributed by atoms with Gasteiger partial charge in [-0.15, -0.1) is 0 Å². The maximum atomic E-state index is 6.29. The number of hydrogen-bond acceptors (Lipinski definition) is 4. The van der Waals surface area contributed by atoms with Gasteiger partial charge in [0.1, 0.15) is 11.9 Å². The number of fused-ring (bicyclic) bond motifs is 3. The highest BCUT2D eigenvalue weighted by molar-refractivity contribution is 7.13.